The first-order chi connectivity index (χ1) is 10.2. The van der Waals surface area contributed by atoms with Gasteiger partial charge in [-0.25, -0.2) is 0 Å². The molecular weight excluding hydrogens is 288 g/mol. The molecular formula is C16H17ClN2O2. The first-order valence-electron chi connectivity index (χ1n) is 6.63. The molecule has 0 aliphatic carbocycles. The number of primary amides is 1. The highest BCUT2D eigenvalue weighted by Gasteiger charge is 2.16. The zero-order valence-corrected chi connectivity index (χ0v) is 12.2. The summed E-state index contributed by atoms with van der Waals surface area (Å²) >= 11 is 5.80. The van der Waals surface area contributed by atoms with E-state index >= 15 is 0 Å². The van der Waals surface area contributed by atoms with Crippen molar-refractivity contribution in [2.24, 2.45) is 5.73 Å². The predicted octanol–water partition coefficient (Wildman–Crippen LogP) is 2.54. The summed E-state index contributed by atoms with van der Waals surface area (Å²) in [6.45, 7) is 0.934. The lowest BCUT2D eigenvalue weighted by Gasteiger charge is -2.16. The van der Waals surface area contributed by atoms with Gasteiger partial charge in [0.2, 0.25) is 5.91 Å². The van der Waals surface area contributed by atoms with Crippen molar-refractivity contribution in [3.8, 4) is 5.75 Å². The smallest absolute Gasteiger partial charge is 0.239 e. The van der Waals surface area contributed by atoms with E-state index < -0.39 is 11.9 Å². The Labute approximate surface area is 128 Å². The highest BCUT2D eigenvalue weighted by Crippen LogP contribution is 2.15. The lowest BCUT2D eigenvalue weighted by atomic mass is 10.1. The number of nitrogens with two attached hydrogens (primary N) is 1. The number of benzene rings is 2. The first kappa shape index (κ1) is 15.4. The van der Waals surface area contributed by atoms with Crippen LogP contribution in [0.4, 0.5) is 0 Å². The van der Waals surface area contributed by atoms with Crippen LogP contribution in [0.15, 0.2) is 54.6 Å². The highest BCUT2D eigenvalue weighted by atomic mass is 35.5. The van der Waals surface area contributed by atoms with Gasteiger partial charge in [-0.1, -0.05) is 41.9 Å². The molecule has 2 aromatic rings. The molecule has 4 nitrogen and oxygen atoms in total. The summed E-state index contributed by atoms with van der Waals surface area (Å²) in [7, 11) is 0. The third-order valence-electron chi connectivity index (χ3n) is 2.95. The van der Waals surface area contributed by atoms with Crippen LogP contribution in [-0.4, -0.2) is 19.1 Å². The molecule has 110 valence electrons. The Morgan fingerprint density at radius 3 is 2.43 bits per heavy atom. The van der Waals surface area contributed by atoms with Crippen molar-refractivity contribution >= 4 is 17.5 Å². The maximum Gasteiger partial charge on any atom is 0.239 e. The third-order valence-corrected chi connectivity index (χ3v) is 3.20. The molecule has 0 fully saturated rings. The lowest BCUT2D eigenvalue weighted by molar-refractivity contribution is -0.120. The molecule has 0 radical (unpaired) electrons. The van der Waals surface area contributed by atoms with E-state index in [0.29, 0.717) is 18.2 Å². The van der Waals surface area contributed by atoms with Crippen LogP contribution in [0.25, 0.3) is 0 Å². The number of halogens is 1. The third kappa shape index (κ3) is 4.77. The second kappa shape index (κ2) is 7.67. The molecule has 0 heterocycles. The van der Waals surface area contributed by atoms with Gasteiger partial charge in [0.15, 0.2) is 0 Å². The number of hydrogen-bond acceptors (Lipinski definition) is 3. The standard InChI is InChI=1S/C16H17ClN2O2/c17-13-6-8-14(9-7-13)21-11-10-19-15(16(18)20)12-4-2-1-3-5-12/h1-9,15,19H,10-11H2,(H2,18,20). The number of rotatable bonds is 7. The fourth-order valence-electron chi connectivity index (χ4n) is 1.93. The molecule has 2 rings (SSSR count). The molecule has 0 aliphatic rings. The van der Waals surface area contributed by atoms with E-state index in [9.17, 15) is 4.79 Å². The second-order valence-corrected chi connectivity index (χ2v) is 4.94. The molecule has 0 aliphatic heterocycles. The summed E-state index contributed by atoms with van der Waals surface area (Å²) < 4.78 is 5.55. The predicted molar refractivity (Wildman–Crippen MR) is 83.3 cm³/mol. The number of ether oxygens (including phenoxy) is 1. The zero-order chi connectivity index (χ0) is 15.1. The van der Waals surface area contributed by atoms with Crippen molar-refractivity contribution in [2.75, 3.05) is 13.2 Å². The Hall–Kier alpha value is -2.04. The zero-order valence-electron chi connectivity index (χ0n) is 11.5. The minimum atomic E-state index is -0.514. The Morgan fingerprint density at radius 1 is 1.14 bits per heavy atom. The Kier molecular flexibility index (Phi) is 5.60. The number of nitrogens with one attached hydrogen (secondary N) is 1. The Bertz CT molecular complexity index is 573. The van der Waals surface area contributed by atoms with Gasteiger partial charge >= 0.3 is 0 Å². The van der Waals surface area contributed by atoms with Crippen molar-refractivity contribution in [3.63, 3.8) is 0 Å². The van der Waals surface area contributed by atoms with Crippen LogP contribution >= 0.6 is 11.6 Å². The largest absolute Gasteiger partial charge is 0.492 e. The molecule has 0 saturated carbocycles. The summed E-state index contributed by atoms with van der Waals surface area (Å²) in [4.78, 5) is 11.5. The van der Waals surface area contributed by atoms with Crippen LogP contribution in [-0.2, 0) is 4.79 Å². The van der Waals surface area contributed by atoms with Crippen molar-refractivity contribution in [3.05, 3.63) is 65.2 Å². The van der Waals surface area contributed by atoms with Gasteiger partial charge in [-0.05, 0) is 29.8 Å². The lowest BCUT2D eigenvalue weighted by Crippen LogP contribution is -2.35. The van der Waals surface area contributed by atoms with Crippen LogP contribution in [0, 0.1) is 0 Å². The van der Waals surface area contributed by atoms with Gasteiger partial charge in [-0.2, -0.15) is 0 Å². The molecule has 21 heavy (non-hydrogen) atoms. The fourth-order valence-corrected chi connectivity index (χ4v) is 2.06. The molecule has 1 unspecified atom stereocenters. The van der Waals surface area contributed by atoms with Gasteiger partial charge in [-0.3, -0.25) is 10.1 Å². The van der Waals surface area contributed by atoms with Crippen LogP contribution in [0.2, 0.25) is 5.02 Å². The summed E-state index contributed by atoms with van der Waals surface area (Å²) in [6.07, 6.45) is 0. The number of carbonyl (C=O) groups excluding carboxylic acids is 1. The molecule has 0 bridgehead atoms. The second-order valence-electron chi connectivity index (χ2n) is 4.50. The summed E-state index contributed by atoms with van der Waals surface area (Å²) in [5.74, 6) is 0.323. The monoisotopic (exact) mass is 304 g/mol. The first-order valence-corrected chi connectivity index (χ1v) is 7.00. The van der Waals surface area contributed by atoms with E-state index in [4.69, 9.17) is 22.1 Å². The van der Waals surface area contributed by atoms with Gasteiger partial charge in [0.1, 0.15) is 18.4 Å². The van der Waals surface area contributed by atoms with Gasteiger partial charge in [0.05, 0.1) is 0 Å². The fraction of sp³-hybridized carbons (Fsp3) is 0.188. The quantitative estimate of drug-likeness (QED) is 0.773. The molecule has 5 heteroatoms. The average Bonchev–Trinajstić information content (AvgIpc) is 2.49. The van der Waals surface area contributed by atoms with Gasteiger partial charge in [0, 0.05) is 11.6 Å². The molecule has 0 spiro atoms. The summed E-state index contributed by atoms with van der Waals surface area (Å²) in [5, 5.41) is 3.76. The van der Waals surface area contributed by atoms with Gasteiger partial charge in [-0.15, -0.1) is 0 Å². The molecule has 3 N–H and O–H groups in total. The molecule has 0 saturated heterocycles. The van der Waals surface area contributed by atoms with Crippen molar-refractivity contribution in [1.29, 1.82) is 0 Å². The molecule has 1 atom stereocenters. The minimum Gasteiger partial charge on any atom is -0.492 e. The average molecular weight is 305 g/mol. The van der Waals surface area contributed by atoms with Crippen molar-refractivity contribution in [1.82, 2.24) is 5.32 Å². The van der Waals surface area contributed by atoms with E-state index in [1.165, 1.54) is 0 Å². The van der Waals surface area contributed by atoms with E-state index in [-0.39, 0.29) is 0 Å². The normalized spacial score (nSPS) is 11.9. The van der Waals surface area contributed by atoms with Gasteiger partial charge in [0.25, 0.3) is 0 Å². The maximum absolute atomic E-state index is 11.5. The van der Waals surface area contributed by atoms with Crippen LogP contribution in [0.5, 0.6) is 5.75 Å². The Balaban J connectivity index is 1.83. The number of carbonyl (C=O) groups is 1. The molecule has 1 amide bonds. The number of hydrogen-bond donors (Lipinski definition) is 2. The van der Waals surface area contributed by atoms with Crippen LogP contribution in [0.1, 0.15) is 11.6 Å². The maximum atomic E-state index is 11.5. The van der Waals surface area contributed by atoms with Crippen LogP contribution in [0.3, 0.4) is 0 Å². The van der Waals surface area contributed by atoms with E-state index in [1.807, 2.05) is 30.3 Å². The summed E-state index contributed by atoms with van der Waals surface area (Å²) in [5.41, 5.74) is 6.27. The highest BCUT2D eigenvalue weighted by molar-refractivity contribution is 6.30. The molecule has 2 aromatic carbocycles. The Morgan fingerprint density at radius 2 is 1.81 bits per heavy atom. The minimum absolute atomic E-state index is 0.410. The van der Waals surface area contributed by atoms with E-state index in [1.54, 1.807) is 24.3 Å². The van der Waals surface area contributed by atoms with Gasteiger partial charge < -0.3 is 10.5 Å². The molecule has 0 aromatic heterocycles. The van der Waals surface area contributed by atoms with E-state index in [2.05, 4.69) is 5.32 Å². The van der Waals surface area contributed by atoms with Crippen molar-refractivity contribution < 1.29 is 9.53 Å². The summed E-state index contributed by atoms with van der Waals surface area (Å²) in [6, 6.07) is 16.0. The van der Waals surface area contributed by atoms with Crippen LogP contribution < -0.4 is 15.8 Å². The number of amides is 1. The van der Waals surface area contributed by atoms with E-state index in [0.717, 1.165) is 11.3 Å². The van der Waals surface area contributed by atoms with Crippen molar-refractivity contribution in [2.45, 2.75) is 6.04 Å². The topological polar surface area (TPSA) is 64.4 Å². The SMILES string of the molecule is NC(=O)C(NCCOc1ccc(Cl)cc1)c1ccccc1.